The zero-order valence-corrected chi connectivity index (χ0v) is 30.3. The number of aromatic nitrogens is 2. The molecule has 0 radical (unpaired) electrons. The van der Waals surface area contributed by atoms with Gasteiger partial charge < -0.3 is 24.0 Å². The Kier molecular flexibility index (Phi) is 12.2. The minimum Gasteiger partial charge on any atom is -0.444 e. The van der Waals surface area contributed by atoms with Gasteiger partial charge in [-0.05, 0) is 43.1 Å². The largest absolute Gasteiger partial charge is 0.444 e. The lowest BCUT2D eigenvalue weighted by Crippen LogP contribution is -2.67. The molecule has 49 heavy (non-hydrogen) atoms. The summed E-state index contributed by atoms with van der Waals surface area (Å²) < 4.78 is 26.3. The lowest BCUT2D eigenvalue weighted by molar-refractivity contribution is -0.119. The van der Waals surface area contributed by atoms with E-state index < -0.39 is 49.7 Å². The molecular weight excluding hydrogens is 643 g/mol. The van der Waals surface area contributed by atoms with Crippen molar-refractivity contribution < 1.29 is 28.2 Å². The molecule has 3 aromatic rings. The number of carbonyl (C=O) groups excluding carboxylic acids is 2. The number of benzene rings is 2. The number of amides is 1. The second-order valence-electron chi connectivity index (χ2n) is 14.1. The van der Waals surface area contributed by atoms with Crippen LogP contribution < -0.4 is 26.9 Å². The Balaban J connectivity index is 1.62. The van der Waals surface area contributed by atoms with E-state index in [1.54, 1.807) is 20.8 Å². The van der Waals surface area contributed by atoms with Gasteiger partial charge in [-0.15, -0.1) is 0 Å². The molecule has 0 spiro atoms. The number of hydrogen-bond donors (Lipinski definition) is 2. The summed E-state index contributed by atoms with van der Waals surface area (Å²) in [7, 11) is -2.93. The highest BCUT2D eigenvalue weighted by atomic mass is 28.4. The van der Waals surface area contributed by atoms with E-state index in [0.717, 1.165) is 10.4 Å². The van der Waals surface area contributed by atoms with Gasteiger partial charge in [-0.25, -0.2) is 9.59 Å². The number of carbonyl (C=O) groups is 2. The summed E-state index contributed by atoms with van der Waals surface area (Å²) in [6, 6.07) is 20.5. The number of hydrogen-bond acceptors (Lipinski definition) is 8. The second-order valence-corrected chi connectivity index (χ2v) is 18.4. The Morgan fingerprint density at radius 2 is 1.61 bits per heavy atom. The Labute approximate surface area is 288 Å². The van der Waals surface area contributed by atoms with Gasteiger partial charge in [-0.1, -0.05) is 93.3 Å². The molecule has 2 heterocycles. The number of alkyl carbamates (subject to hydrolysis) is 1. The second kappa shape index (κ2) is 16.0. The standard InChI is InChI=1S/C37H47N3O8Si/c1-26(41)20-22-45-30-23-32(40-24-27(33(42)39-34(40)43)15-14-21-38-35(44)48-36(2,3)4)47-31(30)25-46-49(37(5,6)7,28-16-10-8-11-17-28)29-18-12-9-13-19-29/h8-13,16-19,24,30-32H,20-23,25H2,1-7H3,(H,38,44)(H,39,42,43)/t30?,31-,32-/m1/s1. The number of aromatic amines is 1. The van der Waals surface area contributed by atoms with E-state index in [9.17, 15) is 19.2 Å². The van der Waals surface area contributed by atoms with Crippen molar-refractivity contribution in [3.63, 3.8) is 0 Å². The molecule has 11 nitrogen and oxygen atoms in total. The van der Waals surface area contributed by atoms with E-state index in [0.29, 0.717) is 0 Å². The summed E-state index contributed by atoms with van der Waals surface area (Å²) in [5.41, 5.74) is -1.97. The van der Waals surface area contributed by atoms with Crippen LogP contribution in [0.25, 0.3) is 0 Å². The average Bonchev–Trinajstić information content (AvgIpc) is 3.42. The van der Waals surface area contributed by atoms with Gasteiger partial charge in [0.1, 0.15) is 29.3 Å². The van der Waals surface area contributed by atoms with Crippen LogP contribution in [0.4, 0.5) is 4.79 Å². The van der Waals surface area contributed by atoms with Crippen molar-refractivity contribution >= 4 is 30.6 Å². The Morgan fingerprint density at radius 1 is 1.00 bits per heavy atom. The first-order valence-corrected chi connectivity index (χ1v) is 18.3. The molecule has 1 aromatic heterocycles. The number of H-pyrrole nitrogens is 1. The number of ketones is 1. The van der Waals surface area contributed by atoms with Crippen LogP contribution in [-0.2, 0) is 23.4 Å². The molecular formula is C37H47N3O8Si. The van der Waals surface area contributed by atoms with Crippen LogP contribution in [0.1, 0.15) is 73.1 Å². The number of Topliss-reactive ketones (excluding diaryl/α,β-unsaturated/α-hetero) is 1. The van der Waals surface area contributed by atoms with Crippen molar-refractivity contribution in [2.24, 2.45) is 0 Å². The lowest BCUT2D eigenvalue weighted by Gasteiger charge is -2.43. The Hall–Kier alpha value is -4.28. The maximum Gasteiger partial charge on any atom is 0.408 e. The van der Waals surface area contributed by atoms with Crippen LogP contribution in [0, 0.1) is 11.8 Å². The van der Waals surface area contributed by atoms with Crippen molar-refractivity contribution in [3.05, 3.63) is 93.3 Å². The van der Waals surface area contributed by atoms with Crippen LogP contribution in [0.5, 0.6) is 0 Å². The summed E-state index contributed by atoms with van der Waals surface area (Å²) in [5, 5.41) is 4.46. The summed E-state index contributed by atoms with van der Waals surface area (Å²) in [4.78, 5) is 51.7. The first-order chi connectivity index (χ1) is 23.1. The van der Waals surface area contributed by atoms with Gasteiger partial charge in [0.25, 0.3) is 13.9 Å². The zero-order valence-electron chi connectivity index (χ0n) is 29.3. The number of ether oxygens (including phenoxy) is 3. The van der Waals surface area contributed by atoms with Gasteiger partial charge in [0.2, 0.25) is 0 Å². The molecule has 1 fully saturated rings. The molecule has 1 saturated heterocycles. The van der Waals surface area contributed by atoms with Crippen molar-refractivity contribution in [3.8, 4) is 11.8 Å². The van der Waals surface area contributed by atoms with Crippen LogP contribution in [0.2, 0.25) is 5.04 Å². The van der Waals surface area contributed by atoms with E-state index in [1.165, 1.54) is 17.7 Å². The Morgan fingerprint density at radius 3 is 2.16 bits per heavy atom. The maximum atomic E-state index is 13.1. The van der Waals surface area contributed by atoms with Gasteiger partial charge >= 0.3 is 11.8 Å². The molecule has 12 heteroatoms. The van der Waals surface area contributed by atoms with E-state index in [2.05, 4.69) is 67.2 Å². The minimum atomic E-state index is -2.93. The van der Waals surface area contributed by atoms with Crippen LogP contribution in [-0.4, -0.2) is 67.3 Å². The zero-order chi connectivity index (χ0) is 35.8. The molecule has 0 aliphatic carbocycles. The summed E-state index contributed by atoms with van der Waals surface area (Å²) in [5.74, 6) is 5.44. The van der Waals surface area contributed by atoms with Gasteiger partial charge in [-0.3, -0.25) is 19.1 Å². The van der Waals surface area contributed by atoms with Gasteiger partial charge in [0.15, 0.2) is 0 Å². The Bertz CT molecular complexity index is 1730. The molecule has 4 rings (SSSR count). The van der Waals surface area contributed by atoms with E-state index in [4.69, 9.17) is 18.6 Å². The van der Waals surface area contributed by atoms with E-state index in [1.807, 2.05) is 36.4 Å². The number of rotatable bonds is 11. The quantitative estimate of drug-likeness (QED) is 0.230. The third-order valence-electron chi connectivity index (χ3n) is 8.07. The fraction of sp³-hybridized carbons (Fsp3) is 0.459. The molecule has 1 unspecified atom stereocenters. The van der Waals surface area contributed by atoms with E-state index in [-0.39, 0.29) is 49.0 Å². The minimum absolute atomic E-state index is 0.00296. The molecule has 0 bridgehead atoms. The molecule has 2 N–H and O–H groups in total. The van der Waals surface area contributed by atoms with Crippen molar-refractivity contribution in [1.82, 2.24) is 14.9 Å². The molecule has 0 saturated carbocycles. The van der Waals surface area contributed by atoms with E-state index >= 15 is 0 Å². The molecule has 1 aliphatic heterocycles. The highest BCUT2D eigenvalue weighted by molar-refractivity contribution is 6.99. The SMILES string of the molecule is CC(=O)CCOC1C[C@H](n2cc(C#CCNC(=O)OC(C)(C)C)c(=O)[nH]c2=O)O[C@@H]1CO[Si](c1ccccc1)(c1ccccc1)C(C)(C)C. The maximum absolute atomic E-state index is 13.1. The summed E-state index contributed by atoms with van der Waals surface area (Å²) in [6.07, 6.45) is -0.684. The average molecular weight is 690 g/mol. The van der Waals surface area contributed by atoms with Crippen LogP contribution in [0.3, 0.4) is 0 Å². The van der Waals surface area contributed by atoms with Crippen LogP contribution >= 0.6 is 0 Å². The van der Waals surface area contributed by atoms with Gasteiger partial charge in [0, 0.05) is 19.0 Å². The first-order valence-electron chi connectivity index (χ1n) is 16.4. The summed E-state index contributed by atoms with van der Waals surface area (Å²) >= 11 is 0. The molecule has 1 amide bonds. The molecule has 2 aromatic carbocycles. The van der Waals surface area contributed by atoms with Crippen molar-refractivity contribution in [2.75, 3.05) is 19.8 Å². The fourth-order valence-electron chi connectivity index (χ4n) is 5.88. The predicted octanol–water partition coefficient (Wildman–Crippen LogP) is 3.64. The number of nitrogens with zero attached hydrogens (tertiary/aromatic N) is 1. The molecule has 1 aliphatic rings. The van der Waals surface area contributed by atoms with Gasteiger partial charge in [0.05, 0.1) is 25.9 Å². The van der Waals surface area contributed by atoms with Gasteiger partial charge in [-0.2, -0.15) is 0 Å². The topological polar surface area (TPSA) is 138 Å². The monoisotopic (exact) mass is 689 g/mol. The molecule has 3 atom stereocenters. The lowest BCUT2D eigenvalue weighted by atomic mass is 10.2. The fourth-order valence-corrected chi connectivity index (χ4v) is 10.4. The normalized spacial score (nSPS) is 18.0. The molecule has 262 valence electrons. The van der Waals surface area contributed by atoms with Crippen LogP contribution in [0.15, 0.2) is 76.4 Å². The third kappa shape index (κ3) is 9.67. The van der Waals surface area contributed by atoms with Crippen molar-refractivity contribution in [1.29, 1.82) is 0 Å². The smallest absolute Gasteiger partial charge is 0.408 e. The summed E-state index contributed by atoms with van der Waals surface area (Å²) in [6.45, 7) is 13.6. The highest BCUT2D eigenvalue weighted by Crippen LogP contribution is 2.38. The predicted molar refractivity (Wildman–Crippen MR) is 190 cm³/mol. The highest BCUT2D eigenvalue weighted by Gasteiger charge is 2.51. The first kappa shape index (κ1) is 37.5. The third-order valence-corrected chi connectivity index (χ3v) is 13.1. The van der Waals surface area contributed by atoms with Crippen molar-refractivity contribution in [2.45, 2.75) is 90.4 Å². The number of nitrogens with one attached hydrogen (secondary N) is 2.